The highest BCUT2D eigenvalue weighted by Crippen LogP contribution is 2.22. The number of hydrogen-bond donors (Lipinski definition) is 1. The molecule has 0 spiro atoms. The summed E-state index contributed by atoms with van der Waals surface area (Å²) in [6.07, 6.45) is 3.46. The zero-order valence-electron chi connectivity index (χ0n) is 10.5. The van der Waals surface area contributed by atoms with Crippen LogP contribution >= 0.6 is 0 Å². The SMILES string of the molecule is Cc1cc2c(cc1F)nc(N)n2Cc1ccncc1. The second-order valence-electron chi connectivity index (χ2n) is 4.50. The number of nitrogen functional groups attached to an aromatic ring is 1. The Hall–Kier alpha value is -2.43. The summed E-state index contributed by atoms with van der Waals surface area (Å²) in [4.78, 5) is 8.18. The van der Waals surface area contributed by atoms with E-state index in [0.29, 0.717) is 23.6 Å². The van der Waals surface area contributed by atoms with E-state index in [1.54, 1.807) is 25.4 Å². The van der Waals surface area contributed by atoms with Crippen LogP contribution in [0.3, 0.4) is 0 Å². The molecule has 3 aromatic rings. The molecule has 4 nitrogen and oxygen atoms in total. The summed E-state index contributed by atoms with van der Waals surface area (Å²) in [6.45, 7) is 2.32. The molecule has 0 saturated carbocycles. The van der Waals surface area contributed by atoms with E-state index in [0.717, 1.165) is 11.1 Å². The monoisotopic (exact) mass is 256 g/mol. The maximum atomic E-state index is 13.5. The van der Waals surface area contributed by atoms with Crippen LogP contribution < -0.4 is 5.73 Å². The normalized spacial score (nSPS) is 11.1. The molecule has 0 amide bonds. The van der Waals surface area contributed by atoms with Gasteiger partial charge in [-0.05, 0) is 36.2 Å². The lowest BCUT2D eigenvalue weighted by Crippen LogP contribution is -2.04. The van der Waals surface area contributed by atoms with E-state index in [1.165, 1.54) is 6.07 Å². The zero-order valence-corrected chi connectivity index (χ0v) is 10.5. The van der Waals surface area contributed by atoms with E-state index in [9.17, 15) is 4.39 Å². The topological polar surface area (TPSA) is 56.7 Å². The fraction of sp³-hybridized carbons (Fsp3) is 0.143. The number of rotatable bonds is 2. The van der Waals surface area contributed by atoms with Crippen molar-refractivity contribution in [1.29, 1.82) is 0 Å². The standard InChI is InChI=1S/C14H13FN4/c1-9-6-13-12(7-11(9)15)18-14(16)19(13)8-10-2-4-17-5-3-10/h2-7H,8H2,1H3,(H2,16,18). The Balaban J connectivity index is 2.13. The van der Waals surface area contributed by atoms with Crippen LogP contribution in [0.2, 0.25) is 0 Å². The number of aromatic nitrogens is 3. The van der Waals surface area contributed by atoms with Gasteiger partial charge < -0.3 is 10.3 Å². The Morgan fingerprint density at radius 2 is 2.00 bits per heavy atom. The van der Waals surface area contributed by atoms with Crippen LogP contribution in [-0.2, 0) is 6.54 Å². The first-order valence-corrected chi connectivity index (χ1v) is 5.96. The minimum absolute atomic E-state index is 0.263. The van der Waals surface area contributed by atoms with Gasteiger partial charge in [-0.2, -0.15) is 0 Å². The molecule has 0 aliphatic carbocycles. The van der Waals surface area contributed by atoms with Gasteiger partial charge in [0.25, 0.3) is 0 Å². The molecule has 19 heavy (non-hydrogen) atoms. The number of pyridine rings is 1. The fourth-order valence-corrected chi connectivity index (χ4v) is 2.11. The molecule has 2 N–H and O–H groups in total. The van der Waals surface area contributed by atoms with Gasteiger partial charge in [0, 0.05) is 18.5 Å². The number of aryl methyl sites for hydroxylation is 1. The smallest absolute Gasteiger partial charge is 0.201 e. The highest BCUT2D eigenvalue weighted by Gasteiger charge is 2.11. The number of anilines is 1. The summed E-state index contributed by atoms with van der Waals surface area (Å²) >= 11 is 0. The molecular weight excluding hydrogens is 243 g/mol. The van der Waals surface area contributed by atoms with Crippen molar-refractivity contribution in [2.75, 3.05) is 5.73 Å². The van der Waals surface area contributed by atoms with E-state index in [2.05, 4.69) is 9.97 Å². The number of nitrogens with two attached hydrogens (primary N) is 1. The van der Waals surface area contributed by atoms with Crippen LogP contribution in [0.1, 0.15) is 11.1 Å². The lowest BCUT2D eigenvalue weighted by atomic mass is 10.2. The Labute approximate surface area is 109 Å². The Bertz CT molecular complexity index is 734. The molecule has 0 atom stereocenters. The van der Waals surface area contributed by atoms with E-state index < -0.39 is 0 Å². The number of halogens is 1. The lowest BCUT2D eigenvalue weighted by Gasteiger charge is -2.07. The number of imidazole rings is 1. The average Bonchev–Trinajstić information content (AvgIpc) is 2.68. The minimum Gasteiger partial charge on any atom is -0.369 e. The third-order valence-corrected chi connectivity index (χ3v) is 3.15. The summed E-state index contributed by atoms with van der Waals surface area (Å²) < 4.78 is 15.4. The third kappa shape index (κ3) is 2.03. The molecule has 0 saturated heterocycles. The molecule has 5 heteroatoms. The zero-order chi connectivity index (χ0) is 13.4. The van der Waals surface area contributed by atoms with Gasteiger partial charge in [0.05, 0.1) is 17.6 Å². The van der Waals surface area contributed by atoms with Crippen LogP contribution in [0.4, 0.5) is 10.3 Å². The summed E-state index contributed by atoms with van der Waals surface area (Å²) in [7, 11) is 0. The first-order valence-electron chi connectivity index (χ1n) is 5.96. The van der Waals surface area contributed by atoms with E-state index >= 15 is 0 Å². The number of hydrogen-bond acceptors (Lipinski definition) is 3. The van der Waals surface area contributed by atoms with Crippen molar-refractivity contribution in [3.8, 4) is 0 Å². The van der Waals surface area contributed by atoms with Crippen molar-refractivity contribution in [2.45, 2.75) is 13.5 Å². The van der Waals surface area contributed by atoms with Crippen molar-refractivity contribution >= 4 is 17.0 Å². The molecule has 0 bridgehead atoms. The predicted octanol–water partition coefficient (Wildman–Crippen LogP) is 2.51. The largest absolute Gasteiger partial charge is 0.369 e. The maximum Gasteiger partial charge on any atom is 0.201 e. The fourth-order valence-electron chi connectivity index (χ4n) is 2.11. The second-order valence-corrected chi connectivity index (χ2v) is 4.50. The van der Waals surface area contributed by atoms with E-state index in [1.807, 2.05) is 16.7 Å². The Kier molecular flexibility index (Phi) is 2.67. The first-order chi connectivity index (χ1) is 9.15. The van der Waals surface area contributed by atoms with Crippen LogP contribution in [-0.4, -0.2) is 14.5 Å². The molecule has 0 aliphatic rings. The molecule has 96 valence electrons. The van der Waals surface area contributed by atoms with Crippen LogP contribution in [0.25, 0.3) is 11.0 Å². The van der Waals surface area contributed by atoms with Crippen LogP contribution in [0, 0.1) is 12.7 Å². The van der Waals surface area contributed by atoms with Gasteiger partial charge in [0.15, 0.2) is 0 Å². The predicted molar refractivity (Wildman–Crippen MR) is 72.2 cm³/mol. The molecule has 1 aromatic carbocycles. The molecule has 0 radical (unpaired) electrons. The molecule has 0 unspecified atom stereocenters. The van der Waals surface area contributed by atoms with Crippen LogP contribution in [0.15, 0.2) is 36.7 Å². The summed E-state index contributed by atoms with van der Waals surface area (Å²) in [5, 5.41) is 0. The molecular formula is C14H13FN4. The Morgan fingerprint density at radius 3 is 2.74 bits per heavy atom. The van der Waals surface area contributed by atoms with E-state index in [4.69, 9.17) is 5.73 Å². The van der Waals surface area contributed by atoms with Crippen LogP contribution in [0.5, 0.6) is 0 Å². The highest BCUT2D eigenvalue weighted by molar-refractivity contribution is 5.79. The second kappa shape index (κ2) is 4.35. The number of fused-ring (bicyclic) bond motifs is 1. The molecule has 3 rings (SSSR count). The van der Waals surface area contributed by atoms with Gasteiger partial charge >= 0.3 is 0 Å². The number of benzene rings is 1. The average molecular weight is 256 g/mol. The first kappa shape index (κ1) is 11.6. The van der Waals surface area contributed by atoms with Gasteiger partial charge in [0.2, 0.25) is 5.95 Å². The molecule has 2 heterocycles. The molecule has 0 fully saturated rings. The van der Waals surface area contributed by atoms with Crippen molar-refractivity contribution < 1.29 is 4.39 Å². The van der Waals surface area contributed by atoms with Gasteiger partial charge in [-0.25, -0.2) is 9.37 Å². The Morgan fingerprint density at radius 1 is 1.26 bits per heavy atom. The highest BCUT2D eigenvalue weighted by atomic mass is 19.1. The maximum absolute atomic E-state index is 13.5. The number of nitrogens with zero attached hydrogens (tertiary/aromatic N) is 3. The van der Waals surface area contributed by atoms with Gasteiger partial charge in [0.1, 0.15) is 5.82 Å². The van der Waals surface area contributed by atoms with Gasteiger partial charge in [-0.15, -0.1) is 0 Å². The quantitative estimate of drug-likeness (QED) is 0.766. The third-order valence-electron chi connectivity index (χ3n) is 3.15. The minimum atomic E-state index is -0.263. The van der Waals surface area contributed by atoms with Crippen molar-refractivity contribution in [1.82, 2.24) is 14.5 Å². The summed E-state index contributed by atoms with van der Waals surface area (Å²) in [5.41, 5.74) is 8.99. The lowest BCUT2D eigenvalue weighted by molar-refractivity contribution is 0.620. The van der Waals surface area contributed by atoms with Gasteiger partial charge in [-0.3, -0.25) is 4.98 Å². The summed E-state index contributed by atoms with van der Waals surface area (Å²) in [5.74, 6) is 0.123. The molecule has 0 aliphatic heterocycles. The van der Waals surface area contributed by atoms with E-state index in [-0.39, 0.29) is 5.82 Å². The van der Waals surface area contributed by atoms with Gasteiger partial charge in [-0.1, -0.05) is 0 Å². The summed E-state index contributed by atoms with van der Waals surface area (Å²) in [6, 6.07) is 7.03. The molecule has 2 aromatic heterocycles. The van der Waals surface area contributed by atoms with Crippen molar-refractivity contribution in [3.05, 3.63) is 53.6 Å². The van der Waals surface area contributed by atoms with Crippen molar-refractivity contribution in [2.24, 2.45) is 0 Å². The van der Waals surface area contributed by atoms with Crippen molar-refractivity contribution in [3.63, 3.8) is 0 Å².